The fourth-order valence-corrected chi connectivity index (χ4v) is 3.79. The van der Waals surface area contributed by atoms with Crippen LogP contribution < -0.4 is 0 Å². The van der Waals surface area contributed by atoms with Crippen molar-refractivity contribution in [3.8, 4) is 0 Å². The highest BCUT2D eigenvalue weighted by atomic mass is 16.4. The lowest BCUT2D eigenvalue weighted by Gasteiger charge is -2.41. The number of carboxylic acid groups (broad SMARTS) is 1. The largest absolute Gasteiger partial charge is 0.478 e. The van der Waals surface area contributed by atoms with Gasteiger partial charge < -0.3 is 5.11 Å². The Morgan fingerprint density at radius 3 is 2.54 bits per heavy atom. The lowest BCUT2D eigenvalue weighted by molar-refractivity contribution is 0.0590. The zero-order chi connectivity index (χ0) is 18.4. The molecule has 1 N–H and O–H groups in total. The molecule has 4 heteroatoms. The van der Waals surface area contributed by atoms with Gasteiger partial charge in [-0.2, -0.15) is 0 Å². The van der Waals surface area contributed by atoms with Gasteiger partial charge in [-0.3, -0.25) is 9.80 Å². The monoisotopic (exact) mass is 352 g/mol. The molecule has 3 rings (SSSR count). The second-order valence-corrected chi connectivity index (χ2v) is 7.14. The van der Waals surface area contributed by atoms with E-state index in [9.17, 15) is 9.90 Å². The molecular formula is C22H28N2O2. The normalized spacial score (nSPS) is 18.7. The van der Waals surface area contributed by atoms with Crippen molar-refractivity contribution < 1.29 is 9.90 Å². The minimum atomic E-state index is -0.858. The van der Waals surface area contributed by atoms with E-state index in [0.29, 0.717) is 11.6 Å². The van der Waals surface area contributed by atoms with E-state index in [1.165, 1.54) is 18.4 Å². The van der Waals surface area contributed by atoms with Crippen molar-refractivity contribution >= 4 is 5.97 Å². The van der Waals surface area contributed by atoms with Gasteiger partial charge in [0, 0.05) is 38.8 Å². The number of hydrogen-bond donors (Lipinski definition) is 1. The van der Waals surface area contributed by atoms with Crippen molar-refractivity contribution in [1.29, 1.82) is 0 Å². The molecule has 1 unspecified atom stereocenters. The van der Waals surface area contributed by atoms with Crippen LogP contribution in [0.5, 0.6) is 0 Å². The predicted octanol–water partition coefficient (Wildman–Crippen LogP) is 3.87. The maximum Gasteiger partial charge on any atom is 0.335 e. The van der Waals surface area contributed by atoms with Gasteiger partial charge in [0.05, 0.1) is 5.56 Å². The molecule has 1 atom stereocenters. The van der Waals surface area contributed by atoms with Crippen molar-refractivity contribution in [3.63, 3.8) is 0 Å². The first-order chi connectivity index (χ1) is 12.7. The molecule has 0 aliphatic carbocycles. The van der Waals surface area contributed by atoms with Gasteiger partial charge in [0.25, 0.3) is 0 Å². The molecule has 0 radical (unpaired) electrons. The van der Waals surface area contributed by atoms with E-state index >= 15 is 0 Å². The van der Waals surface area contributed by atoms with E-state index in [4.69, 9.17) is 0 Å². The second kappa shape index (κ2) is 8.97. The highest BCUT2D eigenvalue weighted by Crippen LogP contribution is 2.20. The molecule has 4 nitrogen and oxygen atoms in total. The zero-order valence-electron chi connectivity index (χ0n) is 15.5. The van der Waals surface area contributed by atoms with Gasteiger partial charge >= 0.3 is 5.97 Å². The Kier molecular flexibility index (Phi) is 6.42. The van der Waals surface area contributed by atoms with Gasteiger partial charge in [0.1, 0.15) is 0 Å². The number of rotatable bonds is 7. The number of piperazine rings is 1. The van der Waals surface area contributed by atoms with E-state index in [1.54, 1.807) is 12.1 Å². The number of hydrogen-bond acceptors (Lipinski definition) is 3. The van der Waals surface area contributed by atoms with Crippen LogP contribution in [0.15, 0.2) is 54.6 Å². The number of carboxylic acids is 1. The quantitative estimate of drug-likeness (QED) is 0.821. The lowest BCUT2D eigenvalue weighted by Crippen LogP contribution is -2.52. The SMILES string of the molecule is CCCC1CN(Cc2cccc(C(=O)O)c2)CCN1Cc1ccccc1. The fourth-order valence-electron chi connectivity index (χ4n) is 3.79. The second-order valence-electron chi connectivity index (χ2n) is 7.14. The van der Waals surface area contributed by atoms with Crippen LogP contribution in [0.1, 0.15) is 41.3 Å². The Labute approximate surface area is 156 Å². The van der Waals surface area contributed by atoms with E-state index in [1.807, 2.05) is 12.1 Å². The molecule has 1 fully saturated rings. The summed E-state index contributed by atoms with van der Waals surface area (Å²) >= 11 is 0. The first kappa shape index (κ1) is 18.6. The van der Waals surface area contributed by atoms with Crippen LogP contribution in [0.25, 0.3) is 0 Å². The standard InChI is InChI=1S/C22H28N2O2/c1-2-7-21-17-23(15-19-10-6-11-20(14-19)22(25)26)12-13-24(21)16-18-8-4-3-5-9-18/h3-6,8-11,14,21H,2,7,12-13,15-17H2,1H3,(H,25,26). The van der Waals surface area contributed by atoms with Gasteiger partial charge in [-0.25, -0.2) is 4.79 Å². The number of carbonyl (C=O) groups is 1. The summed E-state index contributed by atoms with van der Waals surface area (Å²) in [5.74, 6) is -0.858. The molecule has 0 spiro atoms. The van der Waals surface area contributed by atoms with Crippen LogP contribution in [-0.2, 0) is 13.1 Å². The molecule has 26 heavy (non-hydrogen) atoms. The smallest absolute Gasteiger partial charge is 0.335 e. The third-order valence-corrected chi connectivity index (χ3v) is 5.12. The topological polar surface area (TPSA) is 43.8 Å². The molecule has 1 heterocycles. The highest BCUT2D eigenvalue weighted by molar-refractivity contribution is 5.87. The van der Waals surface area contributed by atoms with Crippen LogP contribution >= 0.6 is 0 Å². The summed E-state index contributed by atoms with van der Waals surface area (Å²) in [5, 5.41) is 9.18. The predicted molar refractivity (Wildman–Crippen MR) is 104 cm³/mol. The summed E-state index contributed by atoms with van der Waals surface area (Å²) in [7, 11) is 0. The van der Waals surface area contributed by atoms with E-state index in [-0.39, 0.29) is 0 Å². The number of nitrogens with zero attached hydrogens (tertiary/aromatic N) is 2. The number of aromatic carboxylic acids is 1. The molecule has 0 aromatic heterocycles. The van der Waals surface area contributed by atoms with Gasteiger partial charge in [-0.1, -0.05) is 55.8 Å². The molecular weight excluding hydrogens is 324 g/mol. The Bertz CT molecular complexity index is 717. The van der Waals surface area contributed by atoms with Crippen LogP contribution in [0, 0.1) is 0 Å². The number of benzene rings is 2. The van der Waals surface area contributed by atoms with Crippen molar-refractivity contribution in [1.82, 2.24) is 9.80 Å². The summed E-state index contributed by atoms with van der Waals surface area (Å²) < 4.78 is 0. The Morgan fingerprint density at radius 1 is 1.04 bits per heavy atom. The van der Waals surface area contributed by atoms with Crippen molar-refractivity contribution in [2.75, 3.05) is 19.6 Å². The average Bonchev–Trinajstić information content (AvgIpc) is 2.65. The molecule has 0 bridgehead atoms. The van der Waals surface area contributed by atoms with E-state index in [2.05, 4.69) is 47.1 Å². The van der Waals surface area contributed by atoms with Crippen molar-refractivity contribution in [3.05, 3.63) is 71.3 Å². The first-order valence-electron chi connectivity index (χ1n) is 9.48. The molecule has 2 aromatic rings. The third-order valence-electron chi connectivity index (χ3n) is 5.12. The molecule has 0 saturated carbocycles. The molecule has 1 aliphatic rings. The molecule has 1 aliphatic heterocycles. The van der Waals surface area contributed by atoms with E-state index in [0.717, 1.165) is 38.3 Å². The Balaban J connectivity index is 1.63. The van der Waals surface area contributed by atoms with Crippen molar-refractivity contribution in [2.45, 2.75) is 38.9 Å². The summed E-state index contributed by atoms with van der Waals surface area (Å²) in [6, 6.07) is 18.6. The average molecular weight is 352 g/mol. The summed E-state index contributed by atoms with van der Waals surface area (Å²) in [4.78, 5) is 16.2. The van der Waals surface area contributed by atoms with Gasteiger partial charge in [0.15, 0.2) is 0 Å². The van der Waals surface area contributed by atoms with Crippen LogP contribution in [0.2, 0.25) is 0 Å². The van der Waals surface area contributed by atoms with Gasteiger partial charge in [-0.05, 0) is 29.7 Å². The van der Waals surface area contributed by atoms with E-state index < -0.39 is 5.97 Å². The van der Waals surface area contributed by atoms with Gasteiger partial charge in [0.2, 0.25) is 0 Å². The minimum Gasteiger partial charge on any atom is -0.478 e. The van der Waals surface area contributed by atoms with Crippen LogP contribution in [0.4, 0.5) is 0 Å². The molecule has 138 valence electrons. The highest BCUT2D eigenvalue weighted by Gasteiger charge is 2.26. The maximum absolute atomic E-state index is 11.2. The third kappa shape index (κ3) is 4.93. The lowest BCUT2D eigenvalue weighted by atomic mass is 10.0. The first-order valence-corrected chi connectivity index (χ1v) is 9.48. The minimum absolute atomic E-state index is 0.371. The summed E-state index contributed by atoms with van der Waals surface area (Å²) in [6.07, 6.45) is 2.37. The maximum atomic E-state index is 11.2. The Hall–Kier alpha value is -2.17. The van der Waals surface area contributed by atoms with Gasteiger partial charge in [-0.15, -0.1) is 0 Å². The fraction of sp³-hybridized carbons (Fsp3) is 0.409. The molecule has 2 aromatic carbocycles. The van der Waals surface area contributed by atoms with Crippen molar-refractivity contribution in [2.24, 2.45) is 0 Å². The van der Waals surface area contributed by atoms with Crippen LogP contribution in [-0.4, -0.2) is 46.6 Å². The summed E-state index contributed by atoms with van der Waals surface area (Å²) in [6.45, 7) is 7.19. The molecule has 0 amide bonds. The summed E-state index contributed by atoms with van der Waals surface area (Å²) in [5.41, 5.74) is 2.82. The zero-order valence-corrected chi connectivity index (χ0v) is 15.5. The Morgan fingerprint density at radius 2 is 1.81 bits per heavy atom. The molecule has 1 saturated heterocycles. The van der Waals surface area contributed by atoms with Crippen LogP contribution in [0.3, 0.4) is 0 Å².